The number of hydrogen-bond donors (Lipinski definition) is 1. The zero-order valence-electron chi connectivity index (χ0n) is 2.23. The summed E-state index contributed by atoms with van der Waals surface area (Å²) in [5.74, 6) is 0. The van der Waals surface area contributed by atoms with E-state index in [1.807, 2.05) is 0 Å². The van der Waals surface area contributed by atoms with E-state index < -0.39 is 5.43 Å². The third-order valence-corrected chi connectivity index (χ3v) is 0. The number of carbonyl (C=O) groups is 1. The highest BCUT2D eigenvalue weighted by Crippen LogP contribution is 1.67. The van der Waals surface area contributed by atoms with Crippen molar-refractivity contribution < 1.29 is 15.4 Å². The summed E-state index contributed by atoms with van der Waals surface area (Å²) in [6, 6.07) is 0. The van der Waals surface area contributed by atoms with Crippen molar-refractivity contribution in [2.45, 2.75) is 0 Å². The lowest BCUT2D eigenvalue weighted by atomic mass is 11.6. The van der Waals surface area contributed by atoms with Crippen LogP contribution < -0.4 is 0 Å². The van der Waals surface area contributed by atoms with Gasteiger partial charge in [-0.05, 0) is 0 Å². The quantitative estimate of drug-likeness (QED) is 0.338. The number of carboxylic acid groups (broad SMARTS) is 1. The summed E-state index contributed by atoms with van der Waals surface area (Å²) in [7, 11) is 0. The first-order chi connectivity index (χ1) is 1.73. The summed E-state index contributed by atoms with van der Waals surface area (Å²) in [4.78, 5) is 8.77. The van der Waals surface area contributed by atoms with Gasteiger partial charge in [0.2, 0.25) is 0 Å². The highest BCUT2D eigenvalue weighted by Gasteiger charge is 1.71. The van der Waals surface area contributed by atoms with Gasteiger partial charge in [0.25, 0.3) is 0 Å². The van der Waals surface area contributed by atoms with Crippen LogP contribution in [0.1, 0.15) is 0 Å². The number of hydrogen-bond acceptors (Lipinski definition) is 1. The first kappa shape index (κ1) is 16.1. The van der Waals surface area contributed by atoms with E-state index in [0.29, 0.717) is 0 Å². The van der Waals surface area contributed by atoms with Gasteiger partial charge in [-0.2, -0.15) is 0 Å². The molecule has 6 heavy (non-hydrogen) atoms. The first-order valence-electron chi connectivity index (χ1n) is 0.617. The van der Waals surface area contributed by atoms with Crippen LogP contribution in [0.3, 0.4) is 0 Å². The van der Waals surface area contributed by atoms with Crippen molar-refractivity contribution in [2.75, 3.05) is 0 Å². The predicted octanol–water partition coefficient (Wildman–Crippen LogP) is -0.838. The van der Waals surface area contributed by atoms with Gasteiger partial charge < -0.3 is 10.6 Å². The molecule has 3 N–H and O–H groups in total. The molecule has 0 unspecified atom stereocenters. The Morgan fingerprint density at radius 3 is 1.67 bits per heavy atom. The van der Waals surface area contributed by atoms with Gasteiger partial charge in [-0.25, -0.2) is 4.79 Å². The largest absolute Gasteiger partial charge is 0.469 e. The van der Waals surface area contributed by atoms with Gasteiger partial charge in [-0.3, -0.25) is 0 Å². The molecule has 36 valence electrons. The van der Waals surface area contributed by atoms with E-state index in [0.717, 1.165) is 0 Å². The molecule has 0 radical (unpaired) electrons. The number of halogens is 1. The zero-order chi connectivity index (χ0) is 3.58. The van der Waals surface area contributed by atoms with Gasteiger partial charge in [-0.1, -0.05) is 0 Å². The molecule has 0 atom stereocenters. The molecule has 0 aromatic rings. The molecule has 3 nitrogen and oxygen atoms in total. The summed E-state index contributed by atoms with van der Waals surface area (Å²) < 4.78 is 0. The third kappa shape index (κ3) is 231. The van der Waals surface area contributed by atoms with Crippen molar-refractivity contribution in [3.63, 3.8) is 0 Å². The van der Waals surface area contributed by atoms with E-state index in [1.165, 1.54) is 0 Å². The standard InChI is InChI=1S/CHClO2.Mg.H2O.2H/c2-1(3)4;;;;/h(H,3,4);;1H2;;. The van der Waals surface area contributed by atoms with Crippen LogP contribution in [0.15, 0.2) is 0 Å². The van der Waals surface area contributed by atoms with Gasteiger partial charge >= 0.3 is 28.5 Å². The second kappa shape index (κ2) is 9.09. The molecule has 0 fully saturated rings. The number of rotatable bonds is 0. The fourth-order valence-corrected chi connectivity index (χ4v) is 0. The lowest BCUT2D eigenvalue weighted by Crippen LogP contribution is -1.66. The van der Waals surface area contributed by atoms with Gasteiger partial charge in [0, 0.05) is 11.6 Å². The monoisotopic (exact) mass is 124 g/mol. The molecule has 5 heteroatoms. The van der Waals surface area contributed by atoms with Gasteiger partial charge in [0.15, 0.2) is 0 Å². The van der Waals surface area contributed by atoms with Crippen molar-refractivity contribution in [3.05, 3.63) is 0 Å². The predicted molar refractivity (Wildman–Crippen MR) is 26.0 cm³/mol. The summed E-state index contributed by atoms with van der Waals surface area (Å²) in [6.45, 7) is 0. The minimum atomic E-state index is -1.36. The van der Waals surface area contributed by atoms with Crippen LogP contribution in [0.4, 0.5) is 4.79 Å². The summed E-state index contributed by atoms with van der Waals surface area (Å²) in [6.07, 6.45) is 0. The Morgan fingerprint density at radius 2 is 1.67 bits per heavy atom. The SMILES string of the molecule is O.O=C(O)Cl.[MgH2]. The lowest BCUT2D eigenvalue weighted by Gasteiger charge is -1.55. The molecule has 0 aliphatic rings. The second-order valence-corrected chi connectivity index (χ2v) is 0.576. The van der Waals surface area contributed by atoms with Crippen LogP contribution >= 0.6 is 11.6 Å². The molecule has 0 spiro atoms. The van der Waals surface area contributed by atoms with Crippen molar-refractivity contribution in [1.29, 1.82) is 0 Å². The Hall–Kier alpha value is 0.486. The van der Waals surface area contributed by atoms with E-state index in [4.69, 9.17) is 9.90 Å². The fraction of sp³-hybridized carbons (Fsp3) is 0. The Kier molecular flexibility index (Phi) is 24.3. The Bertz CT molecular complexity index is 33.8. The highest BCUT2D eigenvalue weighted by atomic mass is 35.5. The fourth-order valence-electron chi connectivity index (χ4n) is 0. The molecule has 0 aliphatic heterocycles. The van der Waals surface area contributed by atoms with Gasteiger partial charge in [0.05, 0.1) is 0 Å². The molecule has 0 aromatic carbocycles. The molecule has 0 aromatic heterocycles. The van der Waals surface area contributed by atoms with Crippen LogP contribution in [0.5, 0.6) is 0 Å². The van der Waals surface area contributed by atoms with Crippen LogP contribution in [0.2, 0.25) is 0 Å². The molecule has 0 bridgehead atoms. The molecule has 0 saturated carbocycles. The van der Waals surface area contributed by atoms with Crippen LogP contribution in [-0.2, 0) is 0 Å². The molecule has 0 aliphatic carbocycles. The Morgan fingerprint density at radius 1 is 1.67 bits per heavy atom. The van der Waals surface area contributed by atoms with E-state index in [1.54, 1.807) is 0 Å². The smallest absolute Gasteiger partial charge is 0.401 e. The molecule has 0 saturated heterocycles. The van der Waals surface area contributed by atoms with E-state index in [-0.39, 0.29) is 28.5 Å². The maximum absolute atomic E-state index is 8.77. The maximum Gasteiger partial charge on any atom is 0.401 e. The molecule has 0 amide bonds. The minimum Gasteiger partial charge on any atom is -0.469 e. The van der Waals surface area contributed by atoms with Gasteiger partial charge in [0.1, 0.15) is 0 Å². The summed E-state index contributed by atoms with van der Waals surface area (Å²) in [5, 5.41) is 7.18. The van der Waals surface area contributed by atoms with Crippen LogP contribution in [-0.4, -0.2) is 39.1 Å². The van der Waals surface area contributed by atoms with Crippen molar-refractivity contribution in [3.8, 4) is 0 Å². The van der Waals surface area contributed by atoms with Crippen molar-refractivity contribution in [1.82, 2.24) is 0 Å². The van der Waals surface area contributed by atoms with Gasteiger partial charge in [-0.15, -0.1) is 0 Å². The van der Waals surface area contributed by atoms with Crippen molar-refractivity contribution in [2.24, 2.45) is 0 Å². The normalized spacial score (nSPS) is 4.17. The Labute approximate surface area is 55.7 Å². The molecule has 0 rings (SSSR count). The topological polar surface area (TPSA) is 68.8 Å². The third-order valence-electron chi connectivity index (χ3n) is 0. The van der Waals surface area contributed by atoms with E-state index >= 15 is 0 Å². The van der Waals surface area contributed by atoms with E-state index in [2.05, 4.69) is 11.6 Å². The van der Waals surface area contributed by atoms with Crippen molar-refractivity contribution >= 4 is 40.1 Å². The zero-order valence-corrected chi connectivity index (χ0v) is 2.99. The van der Waals surface area contributed by atoms with Crippen LogP contribution in [0, 0.1) is 0 Å². The molecular weight excluding hydrogens is 120 g/mol. The Balaban J connectivity index is -0.0000000450. The van der Waals surface area contributed by atoms with Crippen LogP contribution in [0.25, 0.3) is 0 Å². The molecule has 0 heterocycles. The first-order valence-corrected chi connectivity index (χ1v) is 0.995. The summed E-state index contributed by atoms with van der Waals surface area (Å²) >= 11 is 4.19. The summed E-state index contributed by atoms with van der Waals surface area (Å²) in [5.41, 5.74) is -1.36. The average Bonchev–Trinajstić information content (AvgIpc) is 0.811. The minimum absolute atomic E-state index is 0. The lowest BCUT2D eigenvalue weighted by molar-refractivity contribution is 0.220. The molecular formula is CH5ClMgO3. The second-order valence-electron chi connectivity index (χ2n) is 0.253. The van der Waals surface area contributed by atoms with E-state index in [9.17, 15) is 0 Å². The highest BCUT2D eigenvalue weighted by molar-refractivity contribution is 6.60. The maximum atomic E-state index is 8.77. The average molecular weight is 125 g/mol.